The van der Waals surface area contributed by atoms with Crippen LogP contribution >= 0.6 is 0 Å². The highest BCUT2D eigenvalue weighted by molar-refractivity contribution is 6.06. The molecule has 4 rings (SSSR count). The molecule has 2 aromatic carbocycles. The van der Waals surface area contributed by atoms with E-state index in [1.165, 1.54) is 0 Å². The Kier molecular flexibility index (Phi) is 3.93. The molecule has 0 spiro atoms. The summed E-state index contributed by atoms with van der Waals surface area (Å²) in [6.45, 7) is 3.80. The van der Waals surface area contributed by atoms with Gasteiger partial charge in [0.25, 0.3) is 11.7 Å². The molecule has 0 aliphatic carbocycles. The molecule has 2 aromatic heterocycles. The Morgan fingerprint density at radius 2 is 1.81 bits per heavy atom. The maximum Gasteiger partial charge on any atom is 0.256 e. The molecule has 4 aromatic rings. The van der Waals surface area contributed by atoms with Gasteiger partial charge in [-0.15, -0.1) is 10.2 Å². The molecule has 1 amide bonds. The Hall–Kier alpha value is -3.54. The number of amides is 1. The number of hydrogen-bond acceptors (Lipinski definition) is 4. The molecular formula is C20H17N5O. The van der Waals surface area contributed by atoms with E-state index in [1.807, 2.05) is 62.4 Å². The van der Waals surface area contributed by atoms with Crippen molar-refractivity contribution in [1.82, 2.24) is 19.6 Å². The van der Waals surface area contributed by atoms with Crippen molar-refractivity contribution in [2.24, 2.45) is 0 Å². The smallest absolute Gasteiger partial charge is 0.256 e. The van der Waals surface area contributed by atoms with Crippen molar-refractivity contribution in [3.05, 3.63) is 77.9 Å². The third-order valence-corrected chi connectivity index (χ3v) is 4.36. The number of hydrogen-bond donors (Lipinski definition) is 1. The molecule has 0 atom stereocenters. The fourth-order valence-corrected chi connectivity index (χ4v) is 2.97. The first kappa shape index (κ1) is 16.0. The number of aromatic nitrogens is 4. The van der Waals surface area contributed by atoms with E-state index >= 15 is 0 Å². The number of aryl methyl sites for hydroxylation is 1. The van der Waals surface area contributed by atoms with Crippen molar-refractivity contribution >= 4 is 17.4 Å². The van der Waals surface area contributed by atoms with E-state index in [-0.39, 0.29) is 5.91 Å². The summed E-state index contributed by atoms with van der Waals surface area (Å²) in [5.41, 5.74) is 4.29. The van der Waals surface area contributed by atoms with Crippen LogP contribution in [0.2, 0.25) is 0 Å². The van der Waals surface area contributed by atoms with Crippen LogP contribution in [0.1, 0.15) is 21.7 Å². The first-order chi connectivity index (χ1) is 12.6. The average Bonchev–Trinajstić information content (AvgIpc) is 3.03. The van der Waals surface area contributed by atoms with Crippen LogP contribution < -0.4 is 5.32 Å². The minimum Gasteiger partial charge on any atom is -0.319 e. The molecule has 26 heavy (non-hydrogen) atoms. The maximum atomic E-state index is 12.8. The van der Waals surface area contributed by atoms with Crippen molar-refractivity contribution < 1.29 is 4.79 Å². The van der Waals surface area contributed by atoms with E-state index in [2.05, 4.69) is 20.5 Å². The highest BCUT2D eigenvalue weighted by Gasteiger charge is 2.14. The van der Waals surface area contributed by atoms with Gasteiger partial charge in [0, 0.05) is 11.8 Å². The maximum absolute atomic E-state index is 12.8. The van der Waals surface area contributed by atoms with Crippen LogP contribution in [0, 0.1) is 13.8 Å². The van der Waals surface area contributed by atoms with Gasteiger partial charge in [-0.3, -0.25) is 9.20 Å². The van der Waals surface area contributed by atoms with E-state index < -0.39 is 0 Å². The SMILES string of the molecule is Cc1c(C(=O)Nc2cnc3nnc(C)n3c2)cccc1-c1ccccc1. The summed E-state index contributed by atoms with van der Waals surface area (Å²) in [6, 6.07) is 15.8. The van der Waals surface area contributed by atoms with Gasteiger partial charge in [-0.05, 0) is 36.6 Å². The van der Waals surface area contributed by atoms with Gasteiger partial charge in [0.15, 0.2) is 0 Å². The van der Waals surface area contributed by atoms with E-state index in [0.29, 0.717) is 22.9 Å². The average molecular weight is 343 g/mol. The van der Waals surface area contributed by atoms with E-state index in [9.17, 15) is 4.79 Å². The predicted molar refractivity (Wildman–Crippen MR) is 100 cm³/mol. The summed E-state index contributed by atoms with van der Waals surface area (Å²) in [7, 11) is 0. The lowest BCUT2D eigenvalue weighted by Gasteiger charge is -2.12. The Labute approximate surface area is 150 Å². The number of carbonyl (C=O) groups is 1. The van der Waals surface area contributed by atoms with Gasteiger partial charge in [-0.25, -0.2) is 4.98 Å². The lowest BCUT2D eigenvalue weighted by atomic mass is 9.96. The summed E-state index contributed by atoms with van der Waals surface area (Å²) in [5.74, 6) is 1.04. The number of carbonyl (C=O) groups excluding carboxylic acids is 1. The van der Waals surface area contributed by atoms with Crippen LogP contribution in [0.15, 0.2) is 60.9 Å². The number of anilines is 1. The molecule has 0 fully saturated rings. The lowest BCUT2D eigenvalue weighted by Crippen LogP contribution is -2.14. The molecule has 0 bridgehead atoms. The van der Waals surface area contributed by atoms with Gasteiger partial charge in [0.1, 0.15) is 5.82 Å². The minimum atomic E-state index is -0.174. The molecule has 1 N–H and O–H groups in total. The fraction of sp³-hybridized carbons (Fsp3) is 0.100. The van der Waals surface area contributed by atoms with E-state index in [0.717, 1.165) is 16.7 Å². The summed E-state index contributed by atoms with van der Waals surface area (Å²) in [4.78, 5) is 17.0. The normalized spacial score (nSPS) is 10.8. The zero-order valence-electron chi connectivity index (χ0n) is 14.5. The Bertz CT molecular complexity index is 1100. The summed E-state index contributed by atoms with van der Waals surface area (Å²) < 4.78 is 1.74. The van der Waals surface area contributed by atoms with Gasteiger partial charge >= 0.3 is 0 Å². The predicted octanol–water partition coefficient (Wildman–Crippen LogP) is 3.66. The third-order valence-electron chi connectivity index (χ3n) is 4.36. The minimum absolute atomic E-state index is 0.174. The molecule has 0 radical (unpaired) electrons. The first-order valence-electron chi connectivity index (χ1n) is 8.27. The molecule has 6 heteroatoms. The summed E-state index contributed by atoms with van der Waals surface area (Å²) in [5, 5.41) is 10.8. The highest BCUT2D eigenvalue weighted by Crippen LogP contribution is 2.26. The first-order valence-corrected chi connectivity index (χ1v) is 8.27. The molecular weight excluding hydrogens is 326 g/mol. The van der Waals surface area contributed by atoms with E-state index in [1.54, 1.807) is 16.8 Å². The molecule has 128 valence electrons. The van der Waals surface area contributed by atoms with Crippen molar-refractivity contribution in [1.29, 1.82) is 0 Å². The summed E-state index contributed by atoms with van der Waals surface area (Å²) in [6.07, 6.45) is 3.35. The van der Waals surface area contributed by atoms with Crippen LogP contribution in [0.25, 0.3) is 16.9 Å². The molecule has 0 unspecified atom stereocenters. The third kappa shape index (κ3) is 2.82. The second kappa shape index (κ2) is 6.40. The largest absolute Gasteiger partial charge is 0.319 e. The molecule has 0 aliphatic rings. The molecule has 6 nitrogen and oxygen atoms in total. The Morgan fingerprint density at radius 3 is 2.62 bits per heavy atom. The second-order valence-electron chi connectivity index (χ2n) is 6.06. The molecule has 0 aliphatic heterocycles. The Balaban J connectivity index is 1.66. The fourth-order valence-electron chi connectivity index (χ4n) is 2.97. The van der Waals surface area contributed by atoms with E-state index in [4.69, 9.17) is 0 Å². The van der Waals surface area contributed by atoms with Crippen LogP contribution in [-0.4, -0.2) is 25.5 Å². The number of nitrogens with one attached hydrogen (secondary N) is 1. The topological polar surface area (TPSA) is 72.2 Å². The van der Waals surface area contributed by atoms with Gasteiger partial charge < -0.3 is 5.32 Å². The molecule has 0 saturated heterocycles. The molecule has 0 saturated carbocycles. The lowest BCUT2D eigenvalue weighted by molar-refractivity contribution is 0.102. The number of nitrogens with zero attached hydrogens (tertiary/aromatic N) is 4. The van der Waals surface area contributed by atoms with Gasteiger partial charge in [0.2, 0.25) is 0 Å². The molecule has 2 heterocycles. The van der Waals surface area contributed by atoms with Gasteiger partial charge in [-0.2, -0.15) is 0 Å². The van der Waals surface area contributed by atoms with Gasteiger partial charge in [0.05, 0.1) is 11.9 Å². The Morgan fingerprint density at radius 1 is 1.00 bits per heavy atom. The number of fused-ring (bicyclic) bond motifs is 1. The second-order valence-corrected chi connectivity index (χ2v) is 6.06. The van der Waals surface area contributed by atoms with Gasteiger partial charge in [-0.1, -0.05) is 42.5 Å². The standard InChI is InChI=1S/C20H17N5O/c1-13-17(15-7-4-3-5-8-15)9-6-10-18(13)19(26)22-16-11-21-20-24-23-14(2)25(20)12-16/h3-12H,1-2H3,(H,22,26). The van der Waals surface area contributed by atoms with Crippen LogP contribution in [0.3, 0.4) is 0 Å². The number of rotatable bonds is 3. The van der Waals surface area contributed by atoms with Crippen LogP contribution in [-0.2, 0) is 0 Å². The van der Waals surface area contributed by atoms with Crippen LogP contribution in [0.5, 0.6) is 0 Å². The quantitative estimate of drug-likeness (QED) is 0.616. The van der Waals surface area contributed by atoms with Crippen molar-refractivity contribution in [2.75, 3.05) is 5.32 Å². The highest BCUT2D eigenvalue weighted by atomic mass is 16.1. The van der Waals surface area contributed by atoms with Crippen molar-refractivity contribution in [3.63, 3.8) is 0 Å². The van der Waals surface area contributed by atoms with Crippen molar-refractivity contribution in [3.8, 4) is 11.1 Å². The summed E-state index contributed by atoms with van der Waals surface area (Å²) >= 11 is 0. The number of benzene rings is 2. The zero-order chi connectivity index (χ0) is 18.1. The van der Waals surface area contributed by atoms with Crippen molar-refractivity contribution in [2.45, 2.75) is 13.8 Å². The monoisotopic (exact) mass is 343 g/mol. The zero-order valence-corrected chi connectivity index (χ0v) is 14.5. The van der Waals surface area contributed by atoms with Crippen LogP contribution in [0.4, 0.5) is 5.69 Å².